The number of piperidine rings is 1. The summed E-state index contributed by atoms with van der Waals surface area (Å²) in [6, 6.07) is 27.7. The van der Waals surface area contributed by atoms with Gasteiger partial charge in [-0.25, -0.2) is 0 Å². The Kier molecular flexibility index (Phi) is 7.40. The fourth-order valence-corrected chi connectivity index (χ4v) is 5.44. The summed E-state index contributed by atoms with van der Waals surface area (Å²) >= 11 is 0. The molecule has 1 amide bonds. The van der Waals surface area contributed by atoms with Crippen molar-refractivity contribution in [2.45, 2.75) is 38.3 Å². The number of amides is 1. The fraction of sp³-hybridized carbons (Fsp3) is 0.290. The van der Waals surface area contributed by atoms with Gasteiger partial charge in [-0.1, -0.05) is 80.1 Å². The van der Waals surface area contributed by atoms with Gasteiger partial charge in [-0.3, -0.25) is 14.7 Å². The molecule has 2 N–H and O–H groups in total. The molecule has 0 aliphatic carbocycles. The highest BCUT2D eigenvalue weighted by atomic mass is 16.3. The molecule has 4 aromatic rings. The number of anilines is 1. The second kappa shape index (κ2) is 11.0. The van der Waals surface area contributed by atoms with Crippen LogP contribution in [0.2, 0.25) is 0 Å². The van der Waals surface area contributed by atoms with Crippen LogP contribution in [0.25, 0.3) is 22.0 Å². The third kappa shape index (κ3) is 5.18. The Morgan fingerprint density at radius 3 is 2.58 bits per heavy atom. The Balaban J connectivity index is 1.37. The van der Waals surface area contributed by atoms with Crippen molar-refractivity contribution in [1.29, 1.82) is 0 Å². The van der Waals surface area contributed by atoms with Crippen LogP contribution >= 0.6 is 0 Å². The van der Waals surface area contributed by atoms with Crippen LogP contribution in [0.1, 0.15) is 37.9 Å². The quantitative estimate of drug-likeness (QED) is 0.338. The minimum Gasteiger partial charge on any atom is -0.387 e. The van der Waals surface area contributed by atoms with Crippen molar-refractivity contribution in [1.82, 2.24) is 9.88 Å². The van der Waals surface area contributed by atoms with Crippen LogP contribution in [0.5, 0.6) is 0 Å². The molecule has 5 rings (SSSR count). The van der Waals surface area contributed by atoms with E-state index in [1.807, 2.05) is 84.9 Å². The van der Waals surface area contributed by atoms with Gasteiger partial charge in [0.2, 0.25) is 5.91 Å². The van der Waals surface area contributed by atoms with Crippen LogP contribution in [0.3, 0.4) is 0 Å². The van der Waals surface area contributed by atoms with Gasteiger partial charge in [0.1, 0.15) is 0 Å². The number of aliphatic hydroxyl groups excluding tert-OH is 1. The summed E-state index contributed by atoms with van der Waals surface area (Å²) in [5, 5.41) is 15.7. The first-order valence-corrected chi connectivity index (χ1v) is 12.8. The normalized spacial score (nSPS) is 19.2. The number of benzene rings is 3. The zero-order valence-corrected chi connectivity index (χ0v) is 20.7. The van der Waals surface area contributed by atoms with E-state index >= 15 is 0 Å². The first-order valence-electron chi connectivity index (χ1n) is 12.8. The Morgan fingerprint density at radius 1 is 1.00 bits per heavy atom. The SMILES string of the molecule is CCC1CCC(C(O)c2ccnc3ccccc23)N(CC(=O)Nc2ccccc2-c2ccccc2)C1. The molecule has 1 saturated heterocycles. The minimum atomic E-state index is -0.694. The van der Waals surface area contributed by atoms with Crippen LogP contribution in [0.4, 0.5) is 5.69 Å². The second-order valence-corrected chi connectivity index (χ2v) is 9.67. The highest BCUT2D eigenvalue weighted by Gasteiger charge is 2.34. The first-order chi connectivity index (χ1) is 17.6. The zero-order chi connectivity index (χ0) is 24.9. The molecular weight excluding hydrogens is 446 g/mol. The van der Waals surface area contributed by atoms with Crippen molar-refractivity contribution >= 4 is 22.5 Å². The number of carbonyl (C=O) groups is 1. The number of nitrogens with one attached hydrogen (secondary N) is 1. The zero-order valence-electron chi connectivity index (χ0n) is 20.7. The van der Waals surface area contributed by atoms with E-state index in [1.54, 1.807) is 6.20 Å². The number of rotatable bonds is 7. The Bertz CT molecular complexity index is 1320. The van der Waals surface area contributed by atoms with Crippen molar-refractivity contribution in [3.63, 3.8) is 0 Å². The molecule has 0 bridgehead atoms. The number of likely N-dealkylation sites (tertiary alicyclic amines) is 1. The molecule has 36 heavy (non-hydrogen) atoms. The van der Waals surface area contributed by atoms with Crippen LogP contribution in [0.15, 0.2) is 91.1 Å². The van der Waals surface area contributed by atoms with Gasteiger partial charge in [0.25, 0.3) is 0 Å². The maximum absolute atomic E-state index is 13.3. The maximum atomic E-state index is 13.3. The van der Waals surface area contributed by atoms with Crippen molar-refractivity contribution < 1.29 is 9.90 Å². The van der Waals surface area contributed by atoms with E-state index < -0.39 is 6.10 Å². The van der Waals surface area contributed by atoms with Crippen molar-refractivity contribution in [2.75, 3.05) is 18.4 Å². The van der Waals surface area contributed by atoms with Gasteiger partial charge >= 0.3 is 0 Å². The Morgan fingerprint density at radius 2 is 1.75 bits per heavy atom. The molecule has 5 nitrogen and oxygen atoms in total. The average molecular weight is 480 g/mol. The number of aliphatic hydroxyl groups is 1. The molecule has 2 heterocycles. The van der Waals surface area contributed by atoms with E-state index in [0.717, 1.165) is 59.1 Å². The molecule has 5 heteroatoms. The lowest BCUT2D eigenvalue weighted by Gasteiger charge is -2.41. The summed E-state index contributed by atoms with van der Waals surface area (Å²) in [6.07, 6.45) is 4.03. The number of hydrogen-bond donors (Lipinski definition) is 2. The summed E-state index contributed by atoms with van der Waals surface area (Å²) in [4.78, 5) is 20.0. The van der Waals surface area contributed by atoms with Gasteiger partial charge in [-0.05, 0) is 48.1 Å². The monoisotopic (exact) mass is 479 g/mol. The van der Waals surface area contributed by atoms with Gasteiger partial charge in [0.15, 0.2) is 0 Å². The number of hydrogen-bond acceptors (Lipinski definition) is 4. The van der Waals surface area contributed by atoms with E-state index in [4.69, 9.17) is 0 Å². The van der Waals surface area contributed by atoms with Gasteiger partial charge in [0.05, 0.1) is 18.2 Å². The molecule has 3 aromatic carbocycles. The van der Waals surface area contributed by atoms with Crippen molar-refractivity contribution in [2.24, 2.45) is 5.92 Å². The van der Waals surface area contributed by atoms with Gasteiger partial charge in [-0.2, -0.15) is 0 Å². The Hall–Kier alpha value is -3.54. The third-order valence-electron chi connectivity index (χ3n) is 7.41. The van der Waals surface area contributed by atoms with Crippen LogP contribution in [-0.2, 0) is 4.79 Å². The van der Waals surface area contributed by atoms with Crippen LogP contribution < -0.4 is 5.32 Å². The van der Waals surface area contributed by atoms with E-state index in [2.05, 4.69) is 22.1 Å². The van der Waals surface area contributed by atoms with E-state index in [0.29, 0.717) is 5.92 Å². The molecule has 1 aromatic heterocycles. The molecule has 0 radical (unpaired) electrons. The van der Waals surface area contributed by atoms with Crippen molar-refractivity contribution in [3.05, 3.63) is 96.7 Å². The van der Waals surface area contributed by atoms with Gasteiger partial charge in [0, 0.05) is 35.4 Å². The smallest absolute Gasteiger partial charge is 0.238 e. The summed E-state index contributed by atoms with van der Waals surface area (Å²) in [6.45, 7) is 3.24. The van der Waals surface area contributed by atoms with Gasteiger partial charge in [-0.15, -0.1) is 0 Å². The maximum Gasteiger partial charge on any atom is 0.238 e. The predicted octanol–water partition coefficient (Wildman–Crippen LogP) is 6.06. The van der Waals surface area contributed by atoms with Gasteiger partial charge < -0.3 is 10.4 Å². The number of para-hydroxylation sites is 2. The second-order valence-electron chi connectivity index (χ2n) is 9.67. The number of nitrogens with zero attached hydrogens (tertiary/aromatic N) is 2. The predicted molar refractivity (Wildman–Crippen MR) is 146 cm³/mol. The third-order valence-corrected chi connectivity index (χ3v) is 7.41. The summed E-state index contributed by atoms with van der Waals surface area (Å²) < 4.78 is 0. The molecule has 3 unspecified atom stereocenters. The largest absolute Gasteiger partial charge is 0.387 e. The lowest BCUT2D eigenvalue weighted by atomic mass is 9.86. The molecule has 184 valence electrons. The lowest BCUT2D eigenvalue weighted by molar-refractivity contribution is -0.119. The molecular formula is C31H33N3O2. The van der Waals surface area contributed by atoms with Crippen LogP contribution in [-0.4, -0.2) is 40.0 Å². The number of aromatic nitrogens is 1. The molecule has 1 aliphatic rings. The highest BCUT2D eigenvalue weighted by molar-refractivity contribution is 5.96. The average Bonchev–Trinajstić information content (AvgIpc) is 2.93. The standard InChI is InChI=1S/C31H33N3O2/c1-2-22-16-17-29(31(36)26-18-19-32-27-14-8-7-13-25(26)27)34(20-22)21-30(35)33-28-15-9-6-12-24(28)23-10-4-3-5-11-23/h3-15,18-19,22,29,31,36H,2,16-17,20-21H2,1H3,(H,33,35). The summed E-state index contributed by atoms with van der Waals surface area (Å²) in [7, 11) is 0. The van der Waals surface area contributed by atoms with Crippen LogP contribution in [0, 0.1) is 5.92 Å². The summed E-state index contributed by atoms with van der Waals surface area (Å²) in [5.74, 6) is 0.457. The summed E-state index contributed by atoms with van der Waals surface area (Å²) in [5.41, 5.74) is 4.61. The lowest BCUT2D eigenvalue weighted by Crippen LogP contribution is -2.49. The highest BCUT2D eigenvalue weighted by Crippen LogP contribution is 2.34. The van der Waals surface area contributed by atoms with E-state index in [1.165, 1.54) is 0 Å². The molecule has 0 spiro atoms. The van der Waals surface area contributed by atoms with E-state index in [9.17, 15) is 9.90 Å². The number of fused-ring (bicyclic) bond motifs is 1. The molecule has 0 saturated carbocycles. The number of carbonyl (C=O) groups excluding carboxylic acids is 1. The Labute approximate surface area is 212 Å². The first kappa shape index (κ1) is 24.2. The van der Waals surface area contributed by atoms with Crippen molar-refractivity contribution in [3.8, 4) is 11.1 Å². The molecule has 1 aliphatic heterocycles. The topological polar surface area (TPSA) is 65.5 Å². The number of pyridine rings is 1. The molecule has 1 fully saturated rings. The minimum absolute atomic E-state index is 0.0630. The molecule has 3 atom stereocenters. The van der Waals surface area contributed by atoms with E-state index in [-0.39, 0.29) is 18.5 Å². The fourth-order valence-electron chi connectivity index (χ4n) is 5.44.